The van der Waals surface area contributed by atoms with E-state index in [0.29, 0.717) is 17.4 Å². The number of fused-ring (bicyclic) bond motifs is 2. The first-order valence-electron chi connectivity index (χ1n) is 9.85. The predicted molar refractivity (Wildman–Crippen MR) is 104 cm³/mol. The van der Waals surface area contributed by atoms with Crippen LogP contribution in [0.15, 0.2) is 18.2 Å². The summed E-state index contributed by atoms with van der Waals surface area (Å²) in [6, 6.07) is 4.59. The molecule has 2 heterocycles. The zero-order chi connectivity index (χ0) is 21.7. The normalized spacial score (nSPS) is 34.0. The van der Waals surface area contributed by atoms with Crippen LogP contribution in [0.2, 0.25) is 0 Å². The minimum Gasteiger partial charge on any atom is -0.508 e. The number of hydrogen-bond donors (Lipinski definition) is 6. The third kappa shape index (κ3) is 3.47. The molecule has 0 bridgehead atoms. The van der Waals surface area contributed by atoms with Gasteiger partial charge in [0.05, 0.1) is 24.2 Å². The van der Waals surface area contributed by atoms with Gasteiger partial charge in [0, 0.05) is 11.6 Å². The molecule has 4 rings (SSSR count). The van der Waals surface area contributed by atoms with Crippen molar-refractivity contribution < 1.29 is 44.8 Å². The fraction of sp³-hybridized carbons (Fsp3) is 0.524. The van der Waals surface area contributed by atoms with E-state index in [2.05, 4.69) is 0 Å². The van der Waals surface area contributed by atoms with Crippen LogP contribution < -0.4 is 4.74 Å². The van der Waals surface area contributed by atoms with Crippen LogP contribution in [0.5, 0.6) is 17.2 Å². The first-order valence-corrected chi connectivity index (χ1v) is 9.85. The van der Waals surface area contributed by atoms with Crippen molar-refractivity contribution in [3.63, 3.8) is 0 Å². The standard InChI is InChI=1S/C21H26O9/c1-8-3-10-4-11-5-12(23)6-13(16(11)18(25)15(10)9(2)28-8)29-21-20(27)19(26)17(24)14(7-22)30-21/h4-6,8-9,14,17,19-27H,3,7H2,1-2H3/t8-,9-,14+,17+,19-,20+,21+/m0/s1. The van der Waals surface area contributed by atoms with Crippen molar-refractivity contribution in [3.8, 4) is 17.2 Å². The van der Waals surface area contributed by atoms with Gasteiger partial charge in [-0.3, -0.25) is 0 Å². The van der Waals surface area contributed by atoms with Crippen molar-refractivity contribution in [1.29, 1.82) is 0 Å². The molecule has 7 atom stereocenters. The van der Waals surface area contributed by atoms with Crippen LogP contribution >= 0.6 is 0 Å². The van der Waals surface area contributed by atoms with Gasteiger partial charge in [0.15, 0.2) is 0 Å². The smallest absolute Gasteiger partial charge is 0.229 e. The Morgan fingerprint density at radius 2 is 1.73 bits per heavy atom. The van der Waals surface area contributed by atoms with Crippen molar-refractivity contribution in [2.24, 2.45) is 0 Å². The summed E-state index contributed by atoms with van der Waals surface area (Å²) in [5.74, 6) is -0.184. The summed E-state index contributed by atoms with van der Waals surface area (Å²) in [7, 11) is 0. The predicted octanol–water partition coefficient (Wildman–Crippen LogP) is 0.452. The summed E-state index contributed by atoms with van der Waals surface area (Å²) in [5, 5.41) is 61.6. The molecule has 2 aliphatic heterocycles. The number of ether oxygens (including phenoxy) is 3. The number of benzene rings is 2. The SMILES string of the molecule is C[C@@H]1O[C@@H](C)Cc2cc3cc(O)cc(O[C@@H]4O[C@H](CO)[C@@H](O)[C@H](O)[C@H]4O)c3c(O)c21. The molecule has 164 valence electrons. The summed E-state index contributed by atoms with van der Waals surface area (Å²) in [5.41, 5.74) is 1.51. The van der Waals surface area contributed by atoms with E-state index in [4.69, 9.17) is 14.2 Å². The van der Waals surface area contributed by atoms with Crippen molar-refractivity contribution in [2.75, 3.05) is 6.61 Å². The van der Waals surface area contributed by atoms with Gasteiger partial charge in [-0.15, -0.1) is 0 Å². The lowest BCUT2D eigenvalue weighted by Crippen LogP contribution is -2.60. The van der Waals surface area contributed by atoms with E-state index in [-0.39, 0.29) is 34.8 Å². The van der Waals surface area contributed by atoms with Gasteiger partial charge in [0.2, 0.25) is 6.29 Å². The highest BCUT2D eigenvalue weighted by atomic mass is 16.7. The number of phenols is 2. The van der Waals surface area contributed by atoms with Gasteiger partial charge in [0.25, 0.3) is 0 Å². The average Bonchev–Trinajstić information content (AvgIpc) is 2.67. The van der Waals surface area contributed by atoms with Crippen LogP contribution in [-0.2, 0) is 15.9 Å². The van der Waals surface area contributed by atoms with Gasteiger partial charge in [0.1, 0.15) is 41.7 Å². The Kier molecular flexibility index (Phi) is 5.52. The molecule has 0 unspecified atom stereocenters. The average molecular weight is 422 g/mol. The Morgan fingerprint density at radius 1 is 1.00 bits per heavy atom. The van der Waals surface area contributed by atoms with Crippen molar-refractivity contribution >= 4 is 10.8 Å². The minimum atomic E-state index is -1.62. The second-order valence-corrected chi connectivity index (χ2v) is 7.95. The van der Waals surface area contributed by atoms with Gasteiger partial charge >= 0.3 is 0 Å². The van der Waals surface area contributed by atoms with Crippen LogP contribution in [0.25, 0.3) is 10.8 Å². The van der Waals surface area contributed by atoms with E-state index in [1.165, 1.54) is 12.1 Å². The van der Waals surface area contributed by atoms with Crippen LogP contribution in [0, 0.1) is 0 Å². The Morgan fingerprint density at radius 3 is 2.43 bits per heavy atom. The molecule has 2 aliphatic rings. The number of aromatic hydroxyl groups is 2. The first kappa shape index (κ1) is 21.1. The van der Waals surface area contributed by atoms with E-state index < -0.39 is 37.3 Å². The topological polar surface area (TPSA) is 149 Å². The molecule has 0 saturated carbocycles. The molecular weight excluding hydrogens is 396 g/mol. The molecule has 30 heavy (non-hydrogen) atoms. The fourth-order valence-electron chi connectivity index (χ4n) is 4.32. The molecule has 1 saturated heterocycles. The van der Waals surface area contributed by atoms with E-state index in [1.807, 2.05) is 19.9 Å². The second-order valence-electron chi connectivity index (χ2n) is 7.95. The molecule has 0 amide bonds. The summed E-state index contributed by atoms with van der Waals surface area (Å²) in [4.78, 5) is 0. The maximum absolute atomic E-state index is 11.0. The van der Waals surface area contributed by atoms with Crippen LogP contribution in [0.3, 0.4) is 0 Å². The molecule has 1 fully saturated rings. The van der Waals surface area contributed by atoms with Gasteiger partial charge < -0.3 is 44.8 Å². The van der Waals surface area contributed by atoms with Crippen molar-refractivity contribution in [2.45, 2.75) is 63.2 Å². The molecule has 0 radical (unpaired) electrons. The second kappa shape index (κ2) is 7.84. The quantitative estimate of drug-likeness (QED) is 0.415. The summed E-state index contributed by atoms with van der Waals surface area (Å²) >= 11 is 0. The number of hydrogen-bond acceptors (Lipinski definition) is 9. The maximum Gasteiger partial charge on any atom is 0.229 e. The summed E-state index contributed by atoms with van der Waals surface area (Å²) in [6.45, 7) is 3.17. The van der Waals surface area contributed by atoms with Gasteiger partial charge in [-0.1, -0.05) is 6.07 Å². The molecule has 2 aromatic rings. The Hall–Kier alpha value is -2.14. The largest absolute Gasteiger partial charge is 0.508 e. The lowest BCUT2D eigenvalue weighted by molar-refractivity contribution is -0.277. The van der Waals surface area contributed by atoms with Crippen LogP contribution in [-0.4, -0.2) is 74.1 Å². The minimum absolute atomic E-state index is 0.0143. The lowest BCUT2D eigenvalue weighted by Gasteiger charge is -2.39. The molecule has 0 spiro atoms. The first-order chi connectivity index (χ1) is 14.2. The Bertz CT molecular complexity index is 944. The Balaban J connectivity index is 1.79. The summed E-state index contributed by atoms with van der Waals surface area (Å²) in [6.07, 6.45) is -7.13. The molecule has 0 aliphatic carbocycles. The highest BCUT2D eigenvalue weighted by molar-refractivity contribution is 5.96. The van der Waals surface area contributed by atoms with Crippen LogP contribution in [0.1, 0.15) is 31.1 Å². The van der Waals surface area contributed by atoms with Gasteiger partial charge in [-0.2, -0.15) is 0 Å². The number of aliphatic hydroxyl groups is 4. The molecular formula is C21H26O9. The highest BCUT2D eigenvalue weighted by Crippen LogP contribution is 2.46. The Labute approximate surface area is 172 Å². The van der Waals surface area contributed by atoms with E-state index in [0.717, 1.165) is 5.56 Å². The number of aliphatic hydroxyl groups excluding tert-OH is 4. The molecule has 2 aromatic carbocycles. The molecule has 9 heteroatoms. The maximum atomic E-state index is 11.0. The van der Waals surface area contributed by atoms with Crippen LogP contribution in [0.4, 0.5) is 0 Å². The van der Waals surface area contributed by atoms with E-state index in [1.54, 1.807) is 0 Å². The van der Waals surface area contributed by atoms with E-state index >= 15 is 0 Å². The fourth-order valence-corrected chi connectivity index (χ4v) is 4.32. The zero-order valence-corrected chi connectivity index (χ0v) is 16.6. The van der Waals surface area contributed by atoms with Gasteiger partial charge in [-0.05, 0) is 37.3 Å². The molecule has 6 N–H and O–H groups in total. The molecule has 0 aromatic heterocycles. The molecule has 9 nitrogen and oxygen atoms in total. The zero-order valence-electron chi connectivity index (χ0n) is 16.6. The third-order valence-electron chi connectivity index (χ3n) is 5.73. The number of phenolic OH excluding ortho intramolecular Hbond substituents is 2. The highest BCUT2D eigenvalue weighted by Gasteiger charge is 2.45. The van der Waals surface area contributed by atoms with Crippen molar-refractivity contribution in [1.82, 2.24) is 0 Å². The third-order valence-corrected chi connectivity index (χ3v) is 5.73. The van der Waals surface area contributed by atoms with E-state index in [9.17, 15) is 30.6 Å². The summed E-state index contributed by atoms with van der Waals surface area (Å²) < 4.78 is 16.9. The van der Waals surface area contributed by atoms with Crippen molar-refractivity contribution in [3.05, 3.63) is 29.3 Å². The lowest BCUT2D eigenvalue weighted by atomic mass is 9.90. The monoisotopic (exact) mass is 422 g/mol. The van der Waals surface area contributed by atoms with Gasteiger partial charge in [-0.25, -0.2) is 0 Å². The number of rotatable bonds is 3.